The van der Waals surface area contributed by atoms with Gasteiger partial charge >= 0.3 is 5.97 Å². The van der Waals surface area contributed by atoms with Gasteiger partial charge in [-0.25, -0.2) is 0 Å². The van der Waals surface area contributed by atoms with E-state index in [0.717, 1.165) is 16.7 Å². The predicted octanol–water partition coefficient (Wildman–Crippen LogP) is 5.19. The molecular weight excluding hydrogens is 441 g/mol. The maximum Gasteiger partial charge on any atom is 0.323 e. The number of halogens is 3. The Morgan fingerprint density at radius 3 is 2.62 bits per heavy atom. The summed E-state index contributed by atoms with van der Waals surface area (Å²) in [5.74, 6) is -0.788. The lowest BCUT2D eigenvalue weighted by Crippen LogP contribution is -2.33. The molecule has 134 valence electrons. The van der Waals surface area contributed by atoms with Gasteiger partial charge in [0.05, 0.1) is 20.0 Å². The summed E-state index contributed by atoms with van der Waals surface area (Å²) >= 11 is 24.2. The molecule has 0 unspecified atom stereocenters. The molecular formula is C16H8Cl3NO4S2. The number of amides is 1. The van der Waals surface area contributed by atoms with Crippen molar-refractivity contribution in [3.05, 3.63) is 50.0 Å². The molecule has 0 radical (unpaired) electrons. The van der Waals surface area contributed by atoms with Crippen LogP contribution in [-0.2, 0) is 9.59 Å². The molecule has 1 aromatic heterocycles. The molecule has 1 fully saturated rings. The molecule has 10 heteroatoms. The average Bonchev–Trinajstić information content (AvgIpc) is 3.11. The number of hydrogen-bond acceptors (Lipinski definition) is 5. The molecule has 26 heavy (non-hydrogen) atoms. The number of thiocarbonyl (C=S) groups is 1. The second-order valence-electron chi connectivity index (χ2n) is 5.11. The van der Waals surface area contributed by atoms with Crippen LogP contribution in [0.1, 0.15) is 5.76 Å². The lowest BCUT2D eigenvalue weighted by Gasteiger charge is -2.09. The number of carbonyl (C=O) groups is 2. The third kappa shape index (κ3) is 3.92. The second-order valence-corrected chi connectivity index (χ2v) is 8.01. The van der Waals surface area contributed by atoms with Gasteiger partial charge in [0.1, 0.15) is 22.4 Å². The Morgan fingerprint density at radius 2 is 1.92 bits per heavy atom. The first-order chi connectivity index (χ1) is 12.3. The molecule has 0 aliphatic carbocycles. The van der Waals surface area contributed by atoms with E-state index in [1.807, 2.05) is 0 Å². The minimum Gasteiger partial charge on any atom is -0.480 e. The van der Waals surface area contributed by atoms with E-state index in [0.29, 0.717) is 32.2 Å². The van der Waals surface area contributed by atoms with Crippen molar-refractivity contribution in [3.8, 4) is 11.3 Å². The first-order valence-corrected chi connectivity index (χ1v) is 9.34. The smallest absolute Gasteiger partial charge is 0.323 e. The summed E-state index contributed by atoms with van der Waals surface area (Å²) in [7, 11) is 0. The van der Waals surface area contributed by atoms with Gasteiger partial charge in [-0.1, -0.05) is 58.8 Å². The van der Waals surface area contributed by atoms with Gasteiger partial charge in [-0.3, -0.25) is 14.5 Å². The van der Waals surface area contributed by atoms with E-state index in [1.165, 1.54) is 12.1 Å². The highest BCUT2D eigenvalue weighted by Gasteiger charge is 2.33. The lowest BCUT2D eigenvalue weighted by atomic mass is 10.2. The zero-order valence-corrected chi connectivity index (χ0v) is 16.6. The number of furan rings is 1. The van der Waals surface area contributed by atoms with Gasteiger partial charge in [0.2, 0.25) is 0 Å². The zero-order chi connectivity index (χ0) is 19.0. The number of carboxylic acids is 1. The average molecular weight is 449 g/mol. The monoisotopic (exact) mass is 447 g/mol. The molecule has 5 nitrogen and oxygen atoms in total. The van der Waals surface area contributed by atoms with E-state index in [4.69, 9.17) is 56.5 Å². The second kappa shape index (κ2) is 7.62. The Balaban J connectivity index is 1.88. The summed E-state index contributed by atoms with van der Waals surface area (Å²) in [6.45, 7) is -0.482. The number of aliphatic carboxylic acids is 1. The number of benzene rings is 1. The molecule has 1 aliphatic rings. The van der Waals surface area contributed by atoms with E-state index in [9.17, 15) is 9.59 Å². The summed E-state index contributed by atoms with van der Waals surface area (Å²) in [6.07, 6.45) is 1.50. The fourth-order valence-electron chi connectivity index (χ4n) is 2.19. The van der Waals surface area contributed by atoms with Gasteiger partial charge in [-0.05, 0) is 24.3 Å². The number of hydrogen-bond donors (Lipinski definition) is 1. The number of thioether (sulfide) groups is 1. The fraction of sp³-hybridized carbons (Fsp3) is 0.0625. The Morgan fingerprint density at radius 1 is 1.23 bits per heavy atom. The molecule has 1 amide bonds. The van der Waals surface area contributed by atoms with Crippen LogP contribution >= 0.6 is 58.8 Å². The summed E-state index contributed by atoms with van der Waals surface area (Å²) in [5, 5.41) is 9.88. The minimum atomic E-state index is -1.14. The maximum atomic E-state index is 12.3. The van der Waals surface area contributed by atoms with E-state index in [1.54, 1.807) is 18.2 Å². The van der Waals surface area contributed by atoms with Crippen LogP contribution in [0.15, 0.2) is 33.6 Å². The van der Waals surface area contributed by atoms with Gasteiger partial charge in [-0.15, -0.1) is 0 Å². The van der Waals surface area contributed by atoms with Crippen molar-refractivity contribution >= 4 is 81.1 Å². The van der Waals surface area contributed by atoms with Crippen LogP contribution in [0.25, 0.3) is 17.4 Å². The largest absolute Gasteiger partial charge is 0.480 e. The summed E-state index contributed by atoms with van der Waals surface area (Å²) < 4.78 is 5.88. The molecule has 2 aromatic rings. The number of rotatable bonds is 4. The van der Waals surface area contributed by atoms with E-state index >= 15 is 0 Å². The quantitative estimate of drug-likeness (QED) is 0.394. The highest BCUT2D eigenvalue weighted by Crippen LogP contribution is 2.37. The first kappa shape index (κ1) is 19.3. The fourth-order valence-corrected chi connectivity index (χ4v) is 4.06. The Bertz CT molecular complexity index is 970. The van der Waals surface area contributed by atoms with E-state index in [-0.39, 0.29) is 9.23 Å². The Hall–Kier alpha value is -1.51. The highest BCUT2D eigenvalue weighted by molar-refractivity contribution is 8.26. The molecule has 1 N–H and O–H groups in total. The van der Waals surface area contributed by atoms with Crippen molar-refractivity contribution in [3.63, 3.8) is 0 Å². The molecule has 1 aromatic carbocycles. The van der Waals surface area contributed by atoms with Crippen LogP contribution in [0, 0.1) is 0 Å². The maximum absolute atomic E-state index is 12.3. The number of carbonyl (C=O) groups excluding carboxylic acids is 1. The van der Waals surface area contributed by atoms with Crippen molar-refractivity contribution in [2.24, 2.45) is 0 Å². The van der Waals surface area contributed by atoms with Crippen molar-refractivity contribution in [2.45, 2.75) is 0 Å². The lowest BCUT2D eigenvalue weighted by molar-refractivity contribution is -0.140. The summed E-state index contributed by atoms with van der Waals surface area (Å²) in [6, 6.07) is 6.42. The molecule has 1 aliphatic heterocycles. The first-order valence-electron chi connectivity index (χ1n) is 6.98. The predicted molar refractivity (Wildman–Crippen MR) is 107 cm³/mol. The van der Waals surface area contributed by atoms with Crippen molar-refractivity contribution in [1.82, 2.24) is 4.90 Å². The van der Waals surface area contributed by atoms with Gasteiger partial charge in [0.15, 0.2) is 0 Å². The molecule has 2 heterocycles. The SMILES string of the molecule is O=C(O)CN1C(=O)/C(=C/c2ccc(-c3cc(Cl)c(Cl)cc3Cl)o2)SC1=S. The van der Waals surface area contributed by atoms with Crippen LogP contribution in [0.5, 0.6) is 0 Å². The molecule has 0 atom stereocenters. The van der Waals surface area contributed by atoms with Crippen molar-refractivity contribution in [2.75, 3.05) is 6.54 Å². The van der Waals surface area contributed by atoms with Gasteiger partial charge in [-0.2, -0.15) is 0 Å². The van der Waals surface area contributed by atoms with Gasteiger partial charge < -0.3 is 9.52 Å². The van der Waals surface area contributed by atoms with Crippen LogP contribution in [0.2, 0.25) is 15.1 Å². The van der Waals surface area contributed by atoms with Crippen molar-refractivity contribution in [1.29, 1.82) is 0 Å². The van der Waals surface area contributed by atoms with E-state index < -0.39 is 18.4 Å². The third-order valence-electron chi connectivity index (χ3n) is 3.34. The molecule has 0 saturated carbocycles. The summed E-state index contributed by atoms with van der Waals surface area (Å²) in [5.41, 5.74) is 0.555. The summed E-state index contributed by atoms with van der Waals surface area (Å²) in [4.78, 5) is 24.4. The zero-order valence-electron chi connectivity index (χ0n) is 12.7. The number of carboxylic acid groups (broad SMARTS) is 1. The van der Waals surface area contributed by atoms with Crippen LogP contribution < -0.4 is 0 Å². The number of nitrogens with zero attached hydrogens (tertiary/aromatic N) is 1. The van der Waals surface area contributed by atoms with Gasteiger partial charge in [0, 0.05) is 11.6 Å². The Kier molecular flexibility index (Phi) is 5.64. The van der Waals surface area contributed by atoms with Crippen LogP contribution in [0.4, 0.5) is 0 Å². The van der Waals surface area contributed by atoms with Crippen molar-refractivity contribution < 1.29 is 19.1 Å². The molecule has 3 rings (SSSR count). The molecule has 1 saturated heterocycles. The van der Waals surface area contributed by atoms with Crippen LogP contribution in [-0.4, -0.2) is 32.7 Å². The highest BCUT2D eigenvalue weighted by atomic mass is 35.5. The standard InChI is InChI=1S/C16H8Cl3NO4S2/c17-9-5-11(19)10(18)4-8(9)12-2-1-7(24-12)3-13-15(23)20(6-14(21)22)16(25)26-13/h1-5H,6H2,(H,21,22)/b13-3-. The third-order valence-corrected chi connectivity index (χ3v) is 5.76. The van der Waals surface area contributed by atoms with Gasteiger partial charge in [0.25, 0.3) is 5.91 Å². The van der Waals surface area contributed by atoms with E-state index in [2.05, 4.69) is 0 Å². The van der Waals surface area contributed by atoms with Crippen LogP contribution in [0.3, 0.4) is 0 Å². The normalized spacial score (nSPS) is 16.0. The molecule has 0 spiro atoms. The topological polar surface area (TPSA) is 70.8 Å². The molecule has 0 bridgehead atoms. The minimum absolute atomic E-state index is 0.183. The Labute approximate surface area is 172 Å².